The lowest BCUT2D eigenvalue weighted by atomic mass is 10.0. The van der Waals surface area contributed by atoms with Crippen molar-refractivity contribution in [2.45, 2.75) is 69.4 Å². The van der Waals surface area contributed by atoms with Crippen LogP contribution >= 0.6 is 11.3 Å². The highest BCUT2D eigenvalue weighted by atomic mass is 32.2. The zero-order valence-electron chi connectivity index (χ0n) is 19.1. The number of nitrogens with zero attached hydrogens (tertiary/aromatic N) is 5. The van der Waals surface area contributed by atoms with Crippen molar-refractivity contribution in [2.75, 3.05) is 24.7 Å². The van der Waals surface area contributed by atoms with Crippen LogP contribution in [0.3, 0.4) is 0 Å². The Morgan fingerprint density at radius 1 is 1.09 bits per heavy atom. The van der Waals surface area contributed by atoms with E-state index in [1.54, 1.807) is 0 Å². The van der Waals surface area contributed by atoms with Gasteiger partial charge in [0.15, 0.2) is 11.5 Å². The highest BCUT2D eigenvalue weighted by Gasteiger charge is 2.42. The quantitative estimate of drug-likeness (QED) is 0.565. The van der Waals surface area contributed by atoms with Crippen molar-refractivity contribution < 1.29 is 26.0 Å². The summed E-state index contributed by atoms with van der Waals surface area (Å²) >= 11 is 0.826. The average molecular weight is 535 g/mol. The monoisotopic (exact) mass is 534 g/mol. The number of sulfonamides is 1. The molecule has 2 aromatic rings. The van der Waals surface area contributed by atoms with Crippen molar-refractivity contribution in [1.82, 2.24) is 24.2 Å². The Balaban J connectivity index is 1.38. The normalized spacial score (nSPS) is 24.4. The molecule has 0 saturated carbocycles. The molecule has 1 N–H and O–H groups in total. The van der Waals surface area contributed by atoms with Gasteiger partial charge in [0.1, 0.15) is 10.7 Å². The predicted octanol–water partition coefficient (Wildman–Crippen LogP) is 3.72. The second-order valence-electron chi connectivity index (χ2n) is 9.39. The molecule has 3 aliphatic heterocycles. The van der Waals surface area contributed by atoms with Crippen LogP contribution in [0.4, 0.5) is 23.5 Å². The minimum Gasteiger partial charge on any atom is -0.351 e. The van der Waals surface area contributed by atoms with Gasteiger partial charge in [-0.3, -0.25) is 4.90 Å². The topological polar surface area (TPSA) is 91.3 Å². The highest BCUT2D eigenvalue weighted by molar-refractivity contribution is 7.88. The molecule has 0 aromatic carbocycles. The van der Waals surface area contributed by atoms with E-state index in [0.29, 0.717) is 49.6 Å². The van der Waals surface area contributed by atoms with Gasteiger partial charge in [-0.1, -0.05) is 0 Å². The van der Waals surface area contributed by atoms with Gasteiger partial charge in [0.05, 0.1) is 23.9 Å². The maximum absolute atomic E-state index is 14.7. The fourth-order valence-corrected chi connectivity index (χ4v) is 7.29. The van der Waals surface area contributed by atoms with Gasteiger partial charge in [0.2, 0.25) is 16.0 Å². The molecule has 0 atom stereocenters. The summed E-state index contributed by atoms with van der Waals surface area (Å²) in [4.78, 5) is 13.7. The van der Waals surface area contributed by atoms with Crippen molar-refractivity contribution >= 4 is 27.3 Å². The third-order valence-corrected chi connectivity index (χ3v) is 9.43. The molecule has 3 fully saturated rings. The fraction of sp³-hybridized carbons (Fsp3) is 0.667. The standard InChI is InChI=1S/C21H26F4N6O2S2/c1-35(32,33)30-8-6-12(7-9-30)27-20-26-10-15(22)17(29-20)18-19(21(23,24)25)28-16(34-18)11-31-13-2-3-14(31)5-4-13/h10,12-14H,2-9,11H2,1H3,(H,26,27,29). The number of nitrogens with one attached hydrogen (secondary N) is 1. The molecule has 0 radical (unpaired) electrons. The van der Waals surface area contributed by atoms with Crippen molar-refractivity contribution in [3.63, 3.8) is 0 Å². The number of hydrogen-bond donors (Lipinski definition) is 1. The second kappa shape index (κ2) is 9.20. The Kier molecular flexibility index (Phi) is 6.51. The maximum Gasteiger partial charge on any atom is 0.434 e. The zero-order chi connectivity index (χ0) is 25.0. The molecule has 0 spiro atoms. The first kappa shape index (κ1) is 24.8. The lowest BCUT2D eigenvalue weighted by molar-refractivity contribution is -0.140. The van der Waals surface area contributed by atoms with Gasteiger partial charge in [-0.05, 0) is 38.5 Å². The van der Waals surface area contributed by atoms with Crippen molar-refractivity contribution in [3.8, 4) is 10.6 Å². The molecule has 3 aliphatic rings. The third-order valence-electron chi connectivity index (χ3n) is 7.08. The summed E-state index contributed by atoms with van der Waals surface area (Å²) in [7, 11) is -3.29. The summed E-state index contributed by atoms with van der Waals surface area (Å²) in [5, 5.41) is 3.32. The smallest absolute Gasteiger partial charge is 0.351 e. The number of aromatic nitrogens is 3. The van der Waals surface area contributed by atoms with Gasteiger partial charge in [-0.2, -0.15) is 13.2 Å². The Morgan fingerprint density at radius 3 is 2.29 bits per heavy atom. The first-order valence-corrected chi connectivity index (χ1v) is 14.2. The first-order chi connectivity index (χ1) is 16.5. The molecule has 35 heavy (non-hydrogen) atoms. The van der Waals surface area contributed by atoms with E-state index in [4.69, 9.17) is 0 Å². The van der Waals surface area contributed by atoms with Crippen LogP contribution in [-0.4, -0.2) is 70.0 Å². The van der Waals surface area contributed by atoms with Crippen molar-refractivity contribution in [2.24, 2.45) is 0 Å². The number of alkyl halides is 3. The first-order valence-electron chi connectivity index (χ1n) is 11.6. The van der Waals surface area contributed by atoms with Gasteiger partial charge in [-0.15, -0.1) is 11.3 Å². The molecule has 192 valence electrons. The molecule has 0 amide bonds. The summed E-state index contributed by atoms with van der Waals surface area (Å²) < 4.78 is 81.0. The number of fused-ring (bicyclic) bond motifs is 2. The Morgan fingerprint density at radius 2 is 1.71 bits per heavy atom. The predicted molar refractivity (Wildman–Crippen MR) is 123 cm³/mol. The van der Waals surface area contributed by atoms with Crippen LogP contribution in [0.25, 0.3) is 10.6 Å². The lowest BCUT2D eigenvalue weighted by Crippen LogP contribution is -2.42. The number of hydrogen-bond acceptors (Lipinski definition) is 8. The minimum absolute atomic E-state index is 0.000123. The van der Waals surface area contributed by atoms with Crippen molar-refractivity contribution in [3.05, 3.63) is 22.7 Å². The molecule has 5 heterocycles. The summed E-state index contributed by atoms with van der Waals surface area (Å²) in [5.41, 5.74) is -1.56. The zero-order valence-corrected chi connectivity index (χ0v) is 20.7. The minimum atomic E-state index is -4.75. The van der Waals surface area contributed by atoms with E-state index in [1.165, 1.54) is 4.31 Å². The summed E-state index contributed by atoms with van der Waals surface area (Å²) in [6.45, 7) is 0.929. The van der Waals surface area contributed by atoms with Gasteiger partial charge in [-0.25, -0.2) is 32.1 Å². The van der Waals surface area contributed by atoms with Gasteiger partial charge in [0, 0.05) is 31.2 Å². The van der Waals surface area contributed by atoms with Crippen LogP contribution in [0.15, 0.2) is 6.20 Å². The SMILES string of the molecule is CS(=O)(=O)N1CCC(Nc2ncc(F)c(-c3sc(CN4C5CCC4CC5)nc3C(F)(F)F)n2)CC1. The van der Waals surface area contributed by atoms with E-state index in [-0.39, 0.29) is 16.9 Å². The molecule has 2 aromatic heterocycles. The van der Waals surface area contributed by atoms with E-state index in [1.807, 2.05) is 0 Å². The van der Waals surface area contributed by atoms with Crippen LogP contribution in [0.2, 0.25) is 0 Å². The average Bonchev–Trinajstić information content (AvgIpc) is 3.50. The number of anilines is 1. The van der Waals surface area contributed by atoms with Crippen LogP contribution in [-0.2, 0) is 22.7 Å². The largest absolute Gasteiger partial charge is 0.434 e. The summed E-state index contributed by atoms with van der Waals surface area (Å²) in [5.74, 6) is -0.954. The van der Waals surface area contributed by atoms with E-state index in [0.717, 1.165) is 49.5 Å². The molecule has 2 bridgehead atoms. The summed E-state index contributed by atoms with van der Waals surface area (Å²) in [6.07, 6.45) is 2.39. The lowest BCUT2D eigenvalue weighted by Gasteiger charge is -2.30. The molecule has 8 nitrogen and oxygen atoms in total. The van der Waals surface area contributed by atoms with E-state index in [9.17, 15) is 26.0 Å². The molecule has 0 aliphatic carbocycles. The fourth-order valence-electron chi connectivity index (χ4n) is 5.33. The van der Waals surface area contributed by atoms with Crippen LogP contribution in [0.1, 0.15) is 49.2 Å². The number of halogens is 4. The molecule has 14 heteroatoms. The molecular weight excluding hydrogens is 508 g/mol. The number of thiazole rings is 1. The van der Waals surface area contributed by atoms with E-state index in [2.05, 4.69) is 25.2 Å². The Bertz CT molecular complexity index is 1180. The molecule has 0 unspecified atom stereocenters. The van der Waals surface area contributed by atoms with Crippen molar-refractivity contribution in [1.29, 1.82) is 0 Å². The third kappa shape index (κ3) is 5.16. The number of piperidine rings is 1. The van der Waals surface area contributed by atoms with Crippen LogP contribution < -0.4 is 5.32 Å². The maximum atomic E-state index is 14.7. The van der Waals surface area contributed by atoms with E-state index < -0.39 is 33.4 Å². The molecule has 3 saturated heterocycles. The van der Waals surface area contributed by atoms with Crippen LogP contribution in [0.5, 0.6) is 0 Å². The van der Waals surface area contributed by atoms with Gasteiger partial charge >= 0.3 is 6.18 Å². The van der Waals surface area contributed by atoms with Crippen LogP contribution in [0, 0.1) is 5.82 Å². The molecular formula is C21H26F4N6O2S2. The highest BCUT2D eigenvalue weighted by Crippen LogP contribution is 2.43. The Labute approximate surface area is 204 Å². The van der Waals surface area contributed by atoms with E-state index >= 15 is 0 Å². The van der Waals surface area contributed by atoms with Gasteiger partial charge in [0.25, 0.3) is 0 Å². The number of rotatable bonds is 6. The Hall–Kier alpha value is -1.90. The van der Waals surface area contributed by atoms with Gasteiger partial charge < -0.3 is 5.32 Å². The molecule has 5 rings (SSSR count). The summed E-state index contributed by atoms with van der Waals surface area (Å²) in [6, 6.07) is 0.570. The second-order valence-corrected chi connectivity index (χ2v) is 12.5.